The normalized spacial score (nSPS) is 11.3. The molecule has 8 heteroatoms. The fraction of sp³-hybridized carbons (Fsp3) is 0.350. The van der Waals surface area contributed by atoms with Gasteiger partial charge in [-0.1, -0.05) is 18.2 Å². The van der Waals surface area contributed by atoms with Gasteiger partial charge in [-0.05, 0) is 39.8 Å². The minimum absolute atomic E-state index is 0.291. The lowest BCUT2D eigenvalue weighted by Gasteiger charge is -2.19. The third kappa shape index (κ3) is 4.91. The van der Waals surface area contributed by atoms with E-state index in [4.69, 9.17) is 14.2 Å². The summed E-state index contributed by atoms with van der Waals surface area (Å²) in [6.07, 6.45) is 2.72. The van der Waals surface area contributed by atoms with E-state index < -0.39 is 11.7 Å². The van der Waals surface area contributed by atoms with Crippen LogP contribution in [0.25, 0.3) is 5.52 Å². The van der Waals surface area contributed by atoms with Gasteiger partial charge >= 0.3 is 6.09 Å². The first-order valence-corrected chi connectivity index (χ1v) is 8.99. The highest BCUT2D eigenvalue weighted by Gasteiger charge is 2.17. The van der Waals surface area contributed by atoms with Gasteiger partial charge in [0.25, 0.3) is 0 Å². The average Bonchev–Trinajstić information content (AvgIpc) is 2.95. The van der Waals surface area contributed by atoms with Crippen molar-refractivity contribution in [3.8, 4) is 17.4 Å². The molecule has 8 nitrogen and oxygen atoms in total. The van der Waals surface area contributed by atoms with Gasteiger partial charge in [-0.15, -0.1) is 0 Å². The quantitative estimate of drug-likeness (QED) is 0.652. The Labute approximate surface area is 163 Å². The van der Waals surface area contributed by atoms with Crippen molar-refractivity contribution < 1.29 is 19.0 Å². The van der Waals surface area contributed by atoms with Crippen LogP contribution < -0.4 is 14.8 Å². The number of fused-ring (bicyclic) bond motifs is 1. The molecule has 0 spiro atoms. The molecule has 0 unspecified atom stereocenters. The number of carbonyl (C=O) groups excluding carboxylic acids is 1. The summed E-state index contributed by atoms with van der Waals surface area (Å²) in [7, 11) is 0. The van der Waals surface area contributed by atoms with Crippen LogP contribution in [-0.4, -0.2) is 39.4 Å². The predicted molar refractivity (Wildman–Crippen MR) is 104 cm³/mol. The van der Waals surface area contributed by atoms with Crippen LogP contribution in [0.3, 0.4) is 0 Å². The number of alkyl carbamates (subject to hydrolysis) is 1. The zero-order chi connectivity index (χ0) is 20.1. The summed E-state index contributed by atoms with van der Waals surface area (Å²) < 4.78 is 18.5. The minimum Gasteiger partial charge on any atom is -0.490 e. The number of aryl methyl sites for hydroxylation is 1. The van der Waals surface area contributed by atoms with Crippen LogP contribution in [0, 0.1) is 6.92 Å². The van der Waals surface area contributed by atoms with E-state index >= 15 is 0 Å². The van der Waals surface area contributed by atoms with Crippen LogP contribution in [0.4, 0.5) is 4.79 Å². The van der Waals surface area contributed by atoms with E-state index in [1.54, 1.807) is 10.7 Å². The zero-order valence-electron chi connectivity index (χ0n) is 16.4. The van der Waals surface area contributed by atoms with Crippen molar-refractivity contribution in [3.05, 3.63) is 48.4 Å². The second-order valence-electron chi connectivity index (χ2n) is 7.17. The molecule has 0 atom stereocenters. The number of para-hydroxylation sites is 1. The fourth-order valence-corrected chi connectivity index (χ4v) is 2.55. The van der Waals surface area contributed by atoms with E-state index in [1.807, 2.05) is 58.0 Å². The Morgan fingerprint density at radius 3 is 2.68 bits per heavy atom. The molecule has 3 rings (SSSR count). The second-order valence-corrected chi connectivity index (χ2v) is 7.17. The van der Waals surface area contributed by atoms with Crippen molar-refractivity contribution in [2.45, 2.75) is 33.3 Å². The van der Waals surface area contributed by atoms with Crippen molar-refractivity contribution in [2.75, 3.05) is 13.2 Å². The molecule has 0 saturated heterocycles. The molecule has 0 aliphatic carbocycles. The predicted octanol–water partition coefficient (Wildman–Crippen LogP) is 3.73. The molecule has 1 aromatic carbocycles. The monoisotopic (exact) mass is 384 g/mol. The molecule has 3 aromatic rings. The van der Waals surface area contributed by atoms with Gasteiger partial charge in [0.1, 0.15) is 35.6 Å². The number of ether oxygens (including phenoxy) is 3. The molecule has 28 heavy (non-hydrogen) atoms. The Morgan fingerprint density at radius 2 is 1.96 bits per heavy atom. The third-order valence-electron chi connectivity index (χ3n) is 3.73. The Morgan fingerprint density at radius 1 is 1.21 bits per heavy atom. The molecule has 1 N–H and O–H groups in total. The standard InChI is InChI=1S/C20H24N4O4/c1-14-16(26-11-10-21-19(25)28-20(2,3)4)12-24-17(14)18(22-13-23-24)27-15-8-6-5-7-9-15/h5-9,12-13H,10-11H2,1-4H3,(H,21,25). The highest BCUT2D eigenvalue weighted by molar-refractivity contribution is 5.68. The molecular weight excluding hydrogens is 360 g/mol. The highest BCUT2D eigenvalue weighted by atomic mass is 16.6. The van der Waals surface area contributed by atoms with Gasteiger partial charge in [0, 0.05) is 5.56 Å². The number of nitrogens with one attached hydrogen (secondary N) is 1. The molecule has 0 bridgehead atoms. The molecule has 1 amide bonds. The number of carbonyl (C=O) groups is 1. The number of rotatable bonds is 6. The molecule has 2 aromatic heterocycles. The lowest BCUT2D eigenvalue weighted by molar-refractivity contribution is 0.0520. The Kier molecular flexibility index (Phi) is 5.67. The summed E-state index contributed by atoms with van der Waals surface area (Å²) in [6.45, 7) is 7.96. The number of benzene rings is 1. The number of amides is 1. The summed E-state index contributed by atoms with van der Waals surface area (Å²) in [6, 6.07) is 9.42. The fourth-order valence-electron chi connectivity index (χ4n) is 2.55. The second kappa shape index (κ2) is 8.16. The molecule has 2 heterocycles. The van der Waals surface area contributed by atoms with Crippen LogP contribution in [0.2, 0.25) is 0 Å². The van der Waals surface area contributed by atoms with Gasteiger partial charge in [0.05, 0.1) is 12.7 Å². The van der Waals surface area contributed by atoms with Gasteiger partial charge in [0.15, 0.2) is 0 Å². The van der Waals surface area contributed by atoms with Crippen LogP contribution in [-0.2, 0) is 4.74 Å². The summed E-state index contributed by atoms with van der Waals surface area (Å²) in [5, 5.41) is 6.88. The smallest absolute Gasteiger partial charge is 0.407 e. The van der Waals surface area contributed by atoms with Crippen LogP contribution in [0.1, 0.15) is 26.3 Å². The third-order valence-corrected chi connectivity index (χ3v) is 3.73. The largest absolute Gasteiger partial charge is 0.490 e. The van der Waals surface area contributed by atoms with Gasteiger partial charge < -0.3 is 19.5 Å². The molecule has 0 radical (unpaired) electrons. The van der Waals surface area contributed by atoms with Gasteiger partial charge in [0.2, 0.25) is 5.88 Å². The van der Waals surface area contributed by atoms with E-state index in [1.165, 1.54) is 6.33 Å². The zero-order valence-corrected chi connectivity index (χ0v) is 16.4. The Hall–Kier alpha value is -3.29. The molecule has 0 aliphatic rings. The summed E-state index contributed by atoms with van der Waals surface area (Å²) >= 11 is 0. The van der Waals surface area contributed by atoms with E-state index in [0.717, 1.165) is 11.1 Å². The lowest BCUT2D eigenvalue weighted by Crippen LogP contribution is -2.34. The first-order chi connectivity index (χ1) is 13.3. The van der Waals surface area contributed by atoms with Crippen LogP contribution >= 0.6 is 0 Å². The number of aromatic nitrogens is 3. The molecular formula is C20H24N4O4. The average molecular weight is 384 g/mol. The SMILES string of the molecule is Cc1c(OCCNC(=O)OC(C)(C)C)cn2ncnc(Oc3ccccc3)c12. The van der Waals surface area contributed by atoms with Crippen LogP contribution in [0.15, 0.2) is 42.9 Å². The maximum absolute atomic E-state index is 11.7. The van der Waals surface area contributed by atoms with E-state index in [0.29, 0.717) is 30.5 Å². The van der Waals surface area contributed by atoms with Gasteiger partial charge in [-0.2, -0.15) is 10.1 Å². The van der Waals surface area contributed by atoms with Crippen molar-refractivity contribution in [1.82, 2.24) is 19.9 Å². The molecule has 0 saturated carbocycles. The Bertz CT molecular complexity index is 948. The van der Waals surface area contributed by atoms with Crippen LogP contribution in [0.5, 0.6) is 17.4 Å². The number of nitrogens with zero attached hydrogens (tertiary/aromatic N) is 3. The Balaban J connectivity index is 1.66. The van der Waals surface area contributed by atoms with E-state index in [9.17, 15) is 4.79 Å². The lowest BCUT2D eigenvalue weighted by atomic mass is 10.2. The summed E-state index contributed by atoms with van der Waals surface area (Å²) in [5.41, 5.74) is 1.04. The maximum Gasteiger partial charge on any atom is 0.407 e. The van der Waals surface area contributed by atoms with E-state index in [-0.39, 0.29) is 0 Å². The first-order valence-electron chi connectivity index (χ1n) is 8.99. The summed E-state index contributed by atoms with van der Waals surface area (Å²) in [4.78, 5) is 15.9. The van der Waals surface area contributed by atoms with Crippen molar-refractivity contribution in [2.24, 2.45) is 0 Å². The van der Waals surface area contributed by atoms with Crippen molar-refractivity contribution >= 4 is 11.6 Å². The minimum atomic E-state index is -0.532. The van der Waals surface area contributed by atoms with Gasteiger partial charge in [-0.25, -0.2) is 9.31 Å². The van der Waals surface area contributed by atoms with E-state index in [2.05, 4.69) is 15.4 Å². The molecule has 148 valence electrons. The van der Waals surface area contributed by atoms with Gasteiger partial charge in [-0.3, -0.25) is 0 Å². The first kappa shape index (κ1) is 19.5. The highest BCUT2D eigenvalue weighted by Crippen LogP contribution is 2.31. The number of hydrogen-bond acceptors (Lipinski definition) is 6. The summed E-state index contributed by atoms with van der Waals surface area (Å²) in [5.74, 6) is 1.78. The topological polar surface area (TPSA) is 87.0 Å². The number of hydrogen-bond donors (Lipinski definition) is 1. The van der Waals surface area contributed by atoms with Crippen molar-refractivity contribution in [1.29, 1.82) is 0 Å². The molecule has 0 fully saturated rings. The van der Waals surface area contributed by atoms with Crippen molar-refractivity contribution in [3.63, 3.8) is 0 Å². The maximum atomic E-state index is 11.7. The molecule has 0 aliphatic heterocycles.